The number of fused-ring (bicyclic) bond motifs is 2. The van der Waals surface area contributed by atoms with Gasteiger partial charge in [0, 0.05) is 5.56 Å². The number of ether oxygens (including phenoxy) is 2. The first-order chi connectivity index (χ1) is 10.1. The summed E-state index contributed by atoms with van der Waals surface area (Å²) in [6.07, 6.45) is 0. The molecule has 106 valence electrons. The smallest absolute Gasteiger partial charge is 0.199 e. The predicted molar refractivity (Wildman–Crippen MR) is 77.9 cm³/mol. The maximum atomic E-state index is 12.8. The third-order valence-corrected chi connectivity index (χ3v) is 3.82. The monoisotopic (exact) mass is 302 g/mol. The number of hydrogen-bond acceptors (Lipinski definition) is 4. The van der Waals surface area contributed by atoms with E-state index >= 15 is 0 Å². The number of ketones is 2. The zero-order valence-corrected chi connectivity index (χ0v) is 12.2. The maximum absolute atomic E-state index is 12.8. The molecular formula is C16H11ClO4. The van der Waals surface area contributed by atoms with E-state index in [-0.39, 0.29) is 33.3 Å². The molecule has 0 bridgehead atoms. The van der Waals surface area contributed by atoms with Crippen molar-refractivity contribution in [1.82, 2.24) is 0 Å². The van der Waals surface area contributed by atoms with Crippen molar-refractivity contribution in [3.05, 3.63) is 57.6 Å². The number of benzene rings is 2. The molecule has 21 heavy (non-hydrogen) atoms. The molecule has 0 heterocycles. The number of carbonyl (C=O) groups excluding carboxylic acids is 2. The minimum Gasteiger partial charge on any atom is -0.496 e. The minimum atomic E-state index is -0.332. The fourth-order valence-electron chi connectivity index (χ4n) is 2.56. The molecule has 0 unspecified atom stereocenters. The van der Waals surface area contributed by atoms with Crippen LogP contribution >= 0.6 is 11.6 Å². The van der Waals surface area contributed by atoms with Gasteiger partial charge >= 0.3 is 0 Å². The Hall–Kier alpha value is -2.33. The third-order valence-electron chi connectivity index (χ3n) is 3.51. The number of rotatable bonds is 2. The standard InChI is InChI=1S/C16H11ClO4/c1-20-10-5-3-4-8-12(10)16(19)13-9(17)6-7-11(21-2)14(13)15(8)18/h3-7H,1-2H3. The molecule has 0 saturated heterocycles. The summed E-state index contributed by atoms with van der Waals surface area (Å²) in [5.74, 6) is 0.0652. The summed E-state index contributed by atoms with van der Waals surface area (Å²) >= 11 is 6.12. The van der Waals surface area contributed by atoms with E-state index in [2.05, 4.69) is 0 Å². The van der Waals surface area contributed by atoms with Crippen LogP contribution in [0.1, 0.15) is 31.8 Å². The summed E-state index contributed by atoms with van der Waals surface area (Å²) in [6.45, 7) is 0. The van der Waals surface area contributed by atoms with Crippen LogP contribution in [0, 0.1) is 0 Å². The van der Waals surface area contributed by atoms with E-state index in [1.54, 1.807) is 30.3 Å². The second-order valence-electron chi connectivity index (χ2n) is 4.54. The lowest BCUT2D eigenvalue weighted by Crippen LogP contribution is -2.23. The van der Waals surface area contributed by atoms with Crippen LogP contribution in [0.4, 0.5) is 0 Å². The lowest BCUT2D eigenvalue weighted by molar-refractivity contribution is 0.0974. The quantitative estimate of drug-likeness (QED) is 0.730. The van der Waals surface area contributed by atoms with Gasteiger partial charge in [-0.25, -0.2) is 0 Å². The van der Waals surface area contributed by atoms with Crippen LogP contribution in [-0.4, -0.2) is 25.8 Å². The number of halogens is 1. The summed E-state index contributed by atoms with van der Waals surface area (Å²) in [5, 5.41) is 0.223. The van der Waals surface area contributed by atoms with E-state index in [1.165, 1.54) is 14.2 Å². The van der Waals surface area contributed by atoms with E-state index in [0.717, 1.165) is 0 Å². The average Bonchev–Trinajstić information content (AvgIpc) is 2.51. The van der Waals surface area contributed by atoms with Crippen molar-refractivity contribution in [2.24, 2.45) is 0 Å². The third kappa shape index (κ3) is 1.83. The molecule has 2 aromatic carbocycles. The highest BCUT2D eigenvalue weighted by molar-refractivity contribution is 6.39. The van der Waals surface area contributed by atoms with Crippen LogP contribution in [0.3, 0.4) is 0 Å². The van der Waals surface area contributed by atoms with Crippen molar-refractivity contribution in [2.75, 3.05) is 14.2 Å². The molecule has 0 aromatic heterocycles. The Morgan fingerprint density at radius 3 is 2.14 bits per heavy atom. The zero-order valence-electron chi connectivity index (χ0n) is 11.4. The van der Waals surface area contributed by atoms with E-state index in [9.17, 15) is 9.59 Å². The second kappa shape index (κ2) is 4.90. The molecule has 0 atom stereocenters. The van der Waals surface area contributed by atoms with Crippen LogP contribution < -0.4 is 9.47 Å². The first kappa shape index (κ1) is 13.6. The predicted octanol–water partition coefficient (Wildman–Crippen LogP) is 3.13. The van der Waals surface area contributed by atoms with Gasteiger partial charge in [-0.15, -0.1) is 0 Å². The molecule has 0 N–H and O–H groups in total. The molecule has 3 rings (SSSR count). The van der Waals surface area contributed by atoms with Crippen molar-refractivity contribution in [3.63, 3.8) is 0 Å². The van der Waals surface area contributed by atoms with Gasteiger partial charge in [0.05, 0.1) is 35.9 Å². The van der Waals surface area contributed by atoms with Crippen LogP contribution in [0.2, 0.25) is 5.02 Å². The largest absolute Gasteiger partial charge is 0.496 e. The fourth-order valence-corrected chi connectivity index (χ4v) is 2.80. The number of methoxy groups -OCH3 is 2. The summed E-state index contributed by atoms with van der Waals surface area (Å²) in [7, 11) is 2.90. The lowest BCUT2D eigenvalue weighted by Gasteiger charge is -2.21. The van der Waals surface area contributed by atoms with E-state index in [0.29, 0.717) is 17.1 Å². The Morgan fingerprint density at radius 2 is 1.48 bits per heavy atom. The van der Waals surface area contributed by atoms with Gasteiger partial charge in [-0.1, -0.05) is 23.7 Å². The van der Waals surface area contributed by atoms with Gasteiger partial charge in [0.25, 0.3) is 0 Å². The molecule has 2 aromatic rings. The molecule has 5 heteroatoms. The highest BCUT2D eigenvalue weighted by atomic mass is 35.5. The SMILES string of the molecule is COc1cccc2c1C(=O)c1c(Cl)ccc(OC)c1C2=O. The van der Waals surface area contributed by atoms with Crippen molar-refractivity contribution in [2.45, 2.75) is 0 Å². The highest BCUT2D eigenvalue weighted by Gasteiger charge is 2.36. The Bertz CT molecular complexity index is 780. The molecule has 0 aliphatic heterocycles. The molecular weight excluding hydrogens is 292 g/mol. The van der Waals surface area contributed by atoms with E-state index < -0.39 is 0 Å². The fraction of sp³-hybridized carbons (Fsp3) is 0.125. The van der Waals surface area contributed by atoms with Gasteiger partial charge in [0.2, 0.25) is 0 Å². The highest BCUT2D eigenvalue weighted by Crippen LogP contribution is 2.39. The Balaban J connectivity index is 2.38. The summed E-state index contributed by atoms with van der Waals surface area (Å²) in [5.41, 5.74) is 0.911. The van der Waals surface area contributed by atoms with Gasteiger partial charge in [-0.05, 0) is 18.2 Å². The van der Waals surface area contributed by atoms with Crippen LogP contribution in [0.15, 0.2) is 30.3 Å². The molecule has 0 spiro atoms. The van der Waals surface area contributed by atoms with E-state index in [4.69, 9.17) is 21.1 Å². The normalized spacial score (nSPS) is 12.7. The molecule has 0 radical (unpaired) electrons. The van der Waals surface area contributed by atoms with Gasteiger partial charge in [-0.3, -0.25) is 9.59 Å². The topological polar surface area (TPSA) is 52.6 Å². The Labute approximate surface area is 126 Å². The van der Waals surface area contributed by atoms with Crippen molar-refractivity contribution >= 4 is 23.2 Å². The first-order valence-electron chi connectivity index (χ1n) is 6.23. The summed E-state index contributed by atoms with van der Waals surface area (Å²) in [6, 6.07) is 8.04. The van der Waals surface area contributed by atoms with Crippen molar-refractivity contribution < 1.29 is 19.1 Å². The summed E-state index contributed by atoms with van der Waals surface area (Å²) < 4.78 is 10.4. The average molecular weight is 303 g/mol. The Morgan fingerprint density at radius 1 is 0.810 bits per heavy atom. The molecule has 0 fully saturated rings. The maximum Gasteiger partial charge on any atom is 0.199 e. The van der Waals surface area contributed by atoms with E-state index in [1.807, 2.05) is 0 Å². The summed E-state index contributed by atoms with van der Waals surface area (Å²) in [4.78, 5) is 25.5. The van der Waals surface area contributed by atoms with Crippen LogP contribution in [0.25, 0.3) is 0 Å². The molecule has 1 aliphatic rings. The van der Waals surface area contributed by atoms with Crippen LogP contribution in [-0.2, 0) is 0 Å². The van der Waals surface area contributed by atoms with Crippen molar-refractivity contribution in [3.8, 4) is 11.5 Å². The van der Waals surface area contributed by atoms with Gasteiger partial charge < -0.3 is 9.47 Å². The molecule has 1 aliphatic carbocycles. The van der Waals surface area contributed by atoms with Gasteiger partial charge in [0.15, 0.2) is 11.6 Å². The zero-order chi connectivity index (χ0) is 15.1. The lowest BCUT2D eigenvalue weighted by atomic mass is 9.83. The number of carbonyl (C=O) groups is 2. The molecule has 0 amide bonds. The molecule has 4 nitrogen and oxygen atoms in total. The number of hydrogen-bond donors (Lipinski definition) is 0. The van der Waals surface area contributed by atoms with Crippen molar-refractivity contribution in [1.29, 1.82) is 0 Å². The first-order valence-corrected chi connectivity index (χ1v) is 6.60. The Kier molecular flexibility index (Phi) is 3.18. The second-order valence-corrected chi connectivity index (χ2v) is 4.95. The minimum absolute atomic E-state index is 0.165. The van der Waals surface area contributed by atoms with Crippen LogP contribution in [0.5, 0.6) is 11.5 Å². The van der Waals surface area contributed by atoms with Gasteiger partial charge in [0.1, 0.15) is 11.5 Å². The van der Waals surface area contributed by atoms with Gasteiger partial charge in [-0.2, -0.15) is 0 Å². The molecule has 0 saturated carbocycles.